The van der Waals surface area contributed by atoms with Gasteiger partial charge in [0.1, 0.15) is 17.9 Å². The molecule has 0 bridgehead atoms. The molecule has 282 valence electrons. The lowest BCUT2D eigenvalue weighted by molar-refractivity contribution is -0.136. The molecule has 0 saturated carbocycles. The summed E-state index contributed by atoms with van der Waals surface area (Å²) >= 11 is 6.31. The molecule has 56 heavy (non-hydrogen) atoms. The number of hydrogen-bond acceptors (Lipinski definition) is 9. The Labute approximate surface area is 326 Å². The summed E-state index contributed by atoms with van der Waals surface area (Å²) in [5.74, 6) is -2.33. The van der Waals surface area contributed by atoms with E-state index < -0.39 is 35.1 Å². The molecular weight excluding hydrogens is 736 g/mol. The van der Waals surface area contributed by atoms with Crippen molar-refractivity contribution in [2.45, 2.75) is 38.1 Å². The Balaban J connectivity index is 0.828. The Kier molecular flexibility index (Phi) is 9.09. The first-order chi connectivity index (χ1) is 26.8. The van der Waals surface area contributed by atoms with Gasteiger partial charge in [0.25, 0.3) is 17.7 Å². The molecule has 4 aliphatic rings. The highest BCUT2D eigenvalue weighted by molar-refractivity contribution is 6.32. The van der Waals surface area contributed by atoms with Gasteiger partial charge in [-0.2, -0.15) is 5.26 Å². The van der Waals surface area contributed by atoms with E-state index in [1.165, 1.54) is 18.2 Å². The number of amides is 6. The van der Waals surface area contributed by atoms with Gasteiger partial charge < -0.3 is 15.0 Å². The number of imide groups is 2. The van der Waals surface area contributed by atoms with Crippen LogP contribution >= 0.6 is 11.6 Å². The number of fused-ring (bicyclic) bond motifs is 2. The monoisotopic (exact) mass is 770 g/mol. The van der Waals surface area contributed by atoms with Gasteiger partial charge in [0, 0.05) is 37.7 Å². The summed E-state index contributed by atoms with van der Waals surface area (Å²) in [6.45, 7) is 5.51. The van der Waals surface area contributed by atoms with Crippen LogP contribution in [0.1, 0.15) is 58.5 Å². The number of nitrogens with one attached hydrogen (secondary N) is 2. The molecule has 0 spiro atoms. The van der Waals surface area contributed by atoms with E-state index >= 15 is 0 Å². The van der Waals surface area contributed by atoms with E-state index in [-0.39, 0.29) is 54.1 Å². The third-order valence-electron chi connectivity index (χ3n) is 10.9. The molecule has 4 aromatic rings. The molecule has 13 nitrogen and oxygen atoms in total. The highest BCUT2D eigenvalue weighted by atomic mass is 35.5. The first kappa shape index (κ1) is 36.5. The lowest BCUT2D eigenvalue weighted by atomic mass is 9.84. The van der Waals surface area contributed by atoms with Crippen LogP contribution in [0.5, 0.6) is 5.75 Å². The SMILES string of the molecule is CC1(C)C(=O)N(c2ccc(C#N)c(Cl)c2)c2ccc(-c3ccc(N4CC(CNC(=O)COc5ccc6c(c5)C(=O)N(C5CCC(=O)NC5=O)C6=O)C4)cc3)cc21. The Morgan fingerprint density at radius 2 is 1.62 bits per heavy atom. The van der Waals surface area contributed by atoms with E-state index in [2.05, 4.69) is 51.9 Å². The van der Waals surface area contributed by atoms with Gasteiger partial charge in [0.2, 0.25) is 17.7 Å². The number of rotatable bonds is 9. The largest absolute Gasteiger partial charge is 0.484 e. The van der Waals surface area contributed by atoms with Crippen molar-refractivity contribution < 1.29 is 33.5 Å². The van der Waals surface area contributed by atoms with E-state index in [0.29, 0.717) is 22.8 Å². The second-order valence-electron chi connectivity index (χ2n) is 14.8. The van der Waals surface area contributed by atoms with Crippen molar-refractivity contribution in [3.63, 3.8) is 0 Å². The maximum atomic E-state index is 13.6. The predicted octanol–water partition coefficient (Wildman–Crippen LogP) is 4.87. The molecular formula is C42H35ClN6O7. The molecule has 2 N–H and O–H groups in total. The first-order valence-corrected chi connectivity index (χ1v) is 18.5. The van der Waals surface area contributed by atoms with Crippen molar-refractivity contribution in [2.75, 3.05) is 36.0 Å². The Morgan fingerprint density at radius 1 is 0.911 bits per heavy atom. The average Bonchev–Trinajstić information content (AvgIpc) is 3.53. The summed E-state index contributed by atoms with van der Waals surface area (Å²) < 4.78 is 5.63. The van der Waals surface area contributed by atoms with Crippen LogP contribution in [0, 0.1) is 17.2 Å². The number of carbonyl (C=O) groups is 6. The average molecular weight is 771 g/mol. The Morgan fingerprint density at radius 3 is 2.34 bits per heavy atom. The Bertz CT molecular complexity index is 2420. The number of nitrogens with zero attached hydrogens (tertiary/aromatic N) is 4. The van der Waals surface area contributed by atoms with E-state index in [0.717, 1.165) is 46.1 Å². The van der Waals surface area contributed by atoms with Crippen molar-refractivity contribution in [2.24, 2.45) is 5.92 Å². The predicted molar refractivity (Wildman–Crippen MR) is 206 cm³/mol. The van der Waals surface area contributed by atoms with Gasteiger partial charge in [-0.1, -0.05) is 29.8 Å². The molecule has 1 unspecified atom stereocenters. The number of nitriles is 1. The van der Waals surface area contributed by atoms with E-state index in [4.69, 9.17) is 16.3 Å². The maximum absolute atomic E-state index is 13.6. The number of anilines is 3. The second kappa shape index (κ2) is 14.0. The number of halogens is 1. The lowest BCUT2D eigenvalue weighted by Gasteiger charge is -2.41. The fraction of sp³-hybridized carbons (Fsp3) is 0.262. The molecule has 8 rings (SSSR count). The lowest BCUT2D eigenvalue weighted by Crippen LogP contribution is -2.54. The summed E-state index contributed by atoms with van der Waals surface area (Å²) in [6, 6.07) is 24.5. The van der Waals surface area contributed by atoms with Crippen molar-refractivity contribution >= 4 is 64.1 Å². The summed E-state index contributed by atoms with van der Waals surface area (Å²) in [5, 5.41) is 14.6. The van der Waals surface area contributed by atoms with Gasteiger partial charge in [-0.25, -0.2) is 0 Å². The molecule has 6 amide bonds. The van der Waals surface area contributed by atoms with Gasteiger partial charge in [0.15, 0.2) is 6.61 Å². The van der Waals surface area contributed by atoms with Crippen LogP contribution in [0.25, 0.3) is 11.1 Å². The van der Waals surface area contributed by atoms with Gasteiger partial charge >= 0.3 is 0 Å². The van der Waals surface area contributed by atoms with E-state index in [1.54, 1.807) is 23.1 Å². The van der Waals surface area contributed by atoms with Crippen molar-refractivity contribution in [3.8, 4) is 22.9 Å². The zero-order chi connectivity index (χ0) is 39.5. The molecule has 1 atom stereocenters. The van der Waals surface area contributed by atoms with Crippen LogP contribution in [0.4, 0.5) is 17.1 Å². The van der Waals surface area contributed by atoms with E-state index in [9.17, 15) is 34.0 Å². The van der Waals surface area contributed by atoms with E-state index in [1.807, 2.05) is 26.0 Å². The first-order valence-electron chi connectivity index (χ1n) is 18.1. The van der Waals surface area contributed by atoms with Gasteiger partial charge in [-0.15, -0.1) is 0 Å². The van der Waals surface area contributed by atoms with Crippen LogP contribution in [0.15, 0.2) is 78.9 Å². The number of carbonyl (C=O) groups excluding carboxylic acids is 6. The van der Waals surface area contributed by atoms with Crippen LogP contribution in [0.2, 0.25) is 5.02 Å². The summed E-state index contributed by atoms with van der Waals surface area (Å²) in [4.78, 5) is 80.8. The van der Waals surface area contributed by atoms with Crippen LogP contribution in [-0.2, 0) is 24.6 Å². The molecule has 4 aromatic carbocycles. The normalized spacial score (nSPS) is 18.6. The Hall–Kier alpha value is -6.52. The van der Waals surface area contributed by atoms with Crippen LogP contribution in [-0.4, -0.2) is 72.6 Å². The fourth-order valence-electron chi connectivity index (χ4n) is 7.68. The fourth-order valence-corrected chi connectivity index (χ4v) is 7.89. The zero-order valence-corrected chi connectivity index (χ0v) is 31.2. The van der Waals surface area contributed by atoms with Crippen molar-refractivity contribution in [1.29, 1.82) is 5.26 Å². The topological polar surface area (TPSA) is 169 Å². The third-order valence-corrected chi connectivity index (χ3v) is 11.2. The van der Waals surface area contributed by atoms with Crippen molar-refractivity contribution in [1.82, 2.24) is 15.5 Å². The molecule has 0 radical (unpaired) electrons. The zero-order valence-electron chi connectivity index (χ0n) is 30.4. The minimum absolute atomic E-state index is 0.0289. The molecule has 2 saturated heterocycles. The second-order valence-corrected chi connectivity index (χ2v) is 15.2. The molecule has 2 fully saturated rings. The molecule has 4 heterocycles. The highest BCUT2D eigenvalue weighted by Crippen LogP contribution is 2.47. The van der Waals surface area contributed by atoms with Gasteiger partial charge in [-0.05, 0) is 97.6 Å². The maximum Gasteiger partial charge on any atom is 0.262 e. The summed E-state index contributed by atoms with van der Waals surface area (Å²) in [7, 11) is 0. The highest BCUT2D eigenvalue weighted by Gasteiger charge is 2.46. The minimum Gasteiger partial charge on any atom is -0.484 e. The minimum atomic E-state index is -1.06. The summed E-state index contributed by atoms with van der Waals surface area (Å²) in [5.41, 5.74) is 5.13. The van der Waals surface area contributed by atoms with Crippen LogP contribution < -0.4 is 25.2 Å². The number of hydrogen-bond donors (Lipinski definition) is 2. The molecule has 4 aliphatic heterocycles. The molecule has 0 aliphatic carbocycles. The summed E-state index contributed by atoms with van der Waals surface area (Å²) in [6.07, 6.45) is 0.0889. The van der Waals surface area contributed by atoms with Crippen LogP contribution in [0.3, 0.4) is 0 Å². The third kappa shape index (κ3) is 6.31. The van der Waals surface area contributed by atoms with Gasteiger partial charge in [-0.3, -0.25) is 43.9 Å². The smallest absolute Gasteiger partial charge is 0.262 e. The molecule has 14 heteroatoms. The van der Waals surface area contributed by atoms with Gasteiger partial charge in [0.05, 0.1) is 38.5 Å². The van der Waals surface area contributed by atoms with Crippen molar-refractivity contribution in [3.05, 3.63) is 106 Å². The number of benzene rings is 4. The molecule has 0 aromatic heterocycles. The standard InChI is InChI=1S/C42H35ClN6O7/c1-42(2)32-15-25(6-12-34(32)48(41(42)55)28-9-5-26(18-44)33(43)16-28)24-3-7-27(8-4-24)47-20-23(21-47)19-45-37(51)22-56-29-10-11-30-31(17-29)40(54)49(39(30)53)35-13-14-36(50)46-38(35)52/h3-12,15-17,23,35H,13-14,19-22H2,1-2H3,(H,45,51)(H,46,50,52). The number of piperidine rings is 1. The number of ether oxygens (including phenoxy) is 1. The quantitative estimate of drug-likeness (QED) is 0.226.